The second kappa shape index (κ2) is 8.54. The monoisotopic (exact) mass is 477 g/mol. The molecule has 0 saturated heterocycles. The van der Waals surface area contributed by atoms with Gasteiger partial charge in [-0.25, -0.2) is 14.8 Å². The number of thiophene rings is 1. The molecule has 34 heavy (non-hydrogen) atoms. The second-order valence-electron chi connectivity index (χ2n) is 9.37. The molecule has 2 N–H and O–H groups in total. The third kappa shape index (κ3) is 3.68. The molecule has 6 rings (SSSR count). The molecular weight excluding hydrogens is 450 g/mol. The molecule has 2 fully saturated rings. The van der Waals surface area contributed by atoms with E-state index in [0.717, 1.165) is 54.3 Å². The zero-order valence-corrected chi connectivity index (χ0v) is 19.9. The fraction of sp³-hybridized carbons (Fsp3) is 0.440. The molecule has 0 spiro atoms. The molecular formula is C25H27N5O3S. The van der Waals surface area contributed by atoms with Gasteiger partial charge < -0.3 is 15.4 Å². The van der Waals surface area contributed by atoms with Crippen molar-refractivity contribution in [3.8, 4) is 5.88 Å². The van der Waals surface area contributed by atoms with Gasteiger partial charge in [-0.05, 0) is 57.1 Å². The van der Waals surface area contributed by atoms with Gasteiger partial charge in [-0.3, -0.25) is 9.69 Å². The maximum absolute atomic E-state index is 13.3. The smallest absolute Gasteiger partial charge is 0.331 e. The Morgan fingerprint density at radius 3 is 2.68 bits per heavy atom. The topological polar surface area (TPSA) is 96.5 Å². The molecule has 176 valence electrons. The maximum Gasteiger partial charge on any atom is 0.331 e. The number of carbonyl (C=O) groups excluding carboxylic acids is 2. The van der Waals surface area contributed by atoms with E-state index in [1.54, 1.807) is 17.3 Å². The number of nitrogens with zero attached hydrogens (tertiary/aromatic N) is 3. The van der Waals surface area contributed by atoms with E-state index >= 15 is 0 Å². The van der Waals surface area contributed by atoms with Gasteiger partial charge in [0.25, 0.3) is 5.91 Å². The first-order chi connectivity index (χ1) is 16.6. The lowest BCUT2D eigenvalue weighted by Gasteiger charge is -2.29. The number of anilines is 3. The molecule has 3 aromatic rings. The average Bonchev–Trinajstić information content (AvgIpc) is 3.58. The van der Waals surface area contributed by atoms with Gasteiger partial charge in [0.2, 0.25) is 5.88 Å². The molecule has 0 aromatic carbocycles. The highest BCUT2D eigenvalue weighted by molar-refractivity contribution is 7.21. The van der Waals surface area contributed by atoms with Crippen LogP contribution in [0.4, 0.5) is 21.9 Å². The van der Waals surface area contributed by atoms with E-state index in [-0.39, 0.29) is 24.1 Å². The molecule has 3 aliphatic rings. The number of pyridine rings is 2. The van der Waals surface area contributed by atoms with Crippen LogP contribution < -0.4 is 20.3 Å². The van der Waals surface area contributed by atoms with Gasteiger partial charge in [0.1, 0.15) is 15.8 Å². The number of urea groups is 1. The third-order valence-corrected chi connectivity index (χ3v) is 8.13. The van der Waals surface area contributed by atoms with E-state index in [9.17, 15) is 9.59 Å². The molecule has 3 amide bonds. The Hall–Kier alpha value is -3.20. The highest BCUT2D eigenvalue weighted by Gasteiger charge is 2.34. The number of hydrogen-bond acceptors (Lipinski definition) is 6. The van der Waals surface area contributed by atoms with Crippen LogP contribution >= 0.6 is 11.3 Å². The van der Waals surface area contributed by atoms with Crippen LogP contribution in [0.2, 0.25) is 0 Å². The Balaban J connectivity index is 1.35. The van der Waals surface area contributed by atoms with Gasteiger partial charge in [0, 0.05) is 18.3 Å². The molecule has 2 aliphatic carbocycles. The number of ether oxygens (including phenoxy) is 1. The normalized spacial score (nSPS) is 18.5. The summed E-state index contributed by atoms with van der Waals surface area (Å²) in [7, 11) is 0. The summed E-state index contributed by atoms with van der Waals surface area (Å²) in [5.41, 5.74) is 2.82. The van der Waals surface area contributed by atoms with Gasteiger partial charge in [0.05, 0.1) is 28.6 Å². The maximum atomic E-state index is 13.3. The quantitative estimate of drug-likeness (QED) is 0.493. The minimum atomic E-state index is -0.317. The van der Waals surface area contributed by atoms with Gasteiger partial charge in [-0.2, -0.15) is 0 Å². The third-order valence-electron chi connectivity index (χ3n) is 7.03. The van der Waals surface area contributed by atoms with E-state index < -0.39 is 0 Å². The van der Waals surface area contributed by atoms with Crippen LogP contribution in [0.1, 0.15) is 66.6 Å². The highest BCUT2D eigenvalue weighted by Crippen LogP contribution is 2.46. The molecule has 9 heteroatoms. The summed E-state index contributed by atoms with van der Waals surface area (Å²) < 4.78 is 6.04. The number of hydrogen-bond donors (Lipinski definition) is 2. The van der Waals surface area contributed by atoms with Crippen molar-refractivity contribution in [2.75, 3.05) is 10.2 Å². The minimum absolute atomic E-state index is 0.143. The van der Waals surface area contributed by atoms with Crippen molar-refractivity contribution < 1.29 is 14.3 Å². The van der Waals surface area contributed by atoms with Crippen molar-refractivity contribution in [1.82, 2.24) is 15.3 Å². The van der Waals surface area contributed by atoms with Crippen molar-refractivity contribution >= 4 is 50.6 Å². The second-order valence-corrected chi connectivity index (χ2v) is 10.4. The van der Waals surface area contributed by atoms with E-state index in [0.29, 0.717) is 27.8 Å². The zero-order chi connectivity index (χ0) is 23.2. The van der Waals surface area contributed by atoms with Gasteiger partial charge in [-0.15, -0.1) is 11.3 Å². The molecule has 8 nitrogen and oxygen atoms in total. The average molecular weight is 478 g/mol. The van der Waals surface area contributed by atoms with Crippen LogP contribution in [0.15, 0.2) is 24.5 Å². The van der Waals surface area contributed by atoms with Crippen LogP contribution in [0.3, 0.4) is 0 Å². The summed E-state index contributed by atoms with van der Waals surface area (Å²) in [6, 6.07) is 3.59. The van der Waals surface area contributed by atoms with Crippen molar-refractivity contribution in [1.29, 1.82) is 0 Å². The van der Waals surface area contributed by atoms with E-state index in [1.807, 2.05) is 19.1 Å². The highest BCUT2D eigenvalue weighted by atomic mass is 32.1. The van der Waals surface area contributed by atoms with Gasteiger partial charge >= 0.3 is 6.03 Å². The number of aromatic nitrogens is 2. The van der Waals surface area contributed by atoms with Gasteiger partial charge in [-0.1, -0.05) is 12.8 Å². The summed E-state index contributed by atoms with van der Waals surface area (Å²) in [6.07, 6.45) is 12.4. The SMILES string of the molecule is Cc1cc(OC2CCCC2)ncc1N1C(=O)Nc2c(C(=O)NC3CCCC3)sc3nccc1c23. The number of carbonyl (C=O) groups is 2. The lowest BCUT2D eigenvalue weighted by molar-refractivity contribution is 0.0943. The summed E-state index contributed by atoms with van der Waals surface area (Å²) in [4.78, 5) is 38.2. The van der Waals surface area contributed by atoms with Crippen molar-refractivity contribution in [3.63, 3.8) is 0 Å². The molecule has 0 radical (unpaired) electrons. The van der Waals surface area contributed by atoms with Crippen molar-refractivity contribution in [3.05, 3.63) is 35.0 Å². The molecule has 4 heterocycles. The fourth-order valence-corrected chi connectivity index (χ4v) is 6.33. The molecule has 0 atom stereocenters. The molecule has 0 unspecified atom stereocenters. The number of rotatable bonds is 5. The number of amides is 3. The number of aryl methyl sites for hydroxylation is 1. The van der Waals surface area contributed by atoms with Crippen LogP contribution in [0.25, 0.3) is 10.2 Å². The van der Waals surface area contributed by atoms with Crippen LogP contribution in [0.5, 0.6) is 5.88 Å². The largest absolute Gasteiger partial charge is 0.474 e. The molecule has 0 bridgehead atoms. The minimum Gasteiger partial charge on any atom is -0.474 e. The predicted molar refractivity (Wildman–Crippen MR) is 132 cm³/mol. The number of nitrogens with one attached hydrogen (secondary N) is 2. The predicted octanol–water partition coefficient (Wildman–Crippen LogP) is 5.68. The lowest BCUT2D eigenvalue weighted by Crippen LogP contribution is -2.36. The van der Waals surface area contributed by atoms with E-state index in [4.69, 9.17) is 4.74 Å². The first-order valence-corrected chi connectivity index (χ1v) is 12.9. The Morgan fingerprint density at radius 1 is 1.15 bits per heavy atom. The summed E-state index contributed by atoms with van der Waals surface area (Å²) in [5.74, 6) is 0.448. The van der Waals surface area contributed by atoms with Crippen molar-refractivity contribution in [2.45, 2.75) is 70.4 Å². The van der Waals surface area contributed by atoms with Crippen LogP contribution in [0, 0.1) is 6.92 Å². The summed E-state index contributed by atoms with van der Waals surface area (Å²) >= 11 is 1.32. The lowest BCUT2D eigenvalue weighted by atomic mass is 10.1. The molecule has 3 aromatic heterocycles. The molecule has 1 aliphatic heterocycles. The first-order valence-electron chi connectivity index (χ1n) is 12.1. The van der Waals surface area contributed by atoms with E-state index in [1.165, 1.54) is 24.2 Å². The molecule has 2 saturated carbocycles. The zero-order valence-electron chi connectivity index (χ0n) is 19.1. The Kier molecular flexibility index (Phi) is 5.36. The van der Waals surface area contributed by atoms with Crippen LogP contribution in [-0.4, -0.2) is 34.1 Å². The van der Waals surface area contributed by atoms with Gasteiger partial charge in [0.15, 0.2) is 0 Å². The summed E-state index contributed by atoms with van der Waals surface area (Å²) in [6.45, 7) is 1.95. The van der Waals surface area contributed by atoms with E-state index in [2.05, 4.69) is 20.6 Å². The Bertz CT molecular complexity index is 1280. The Morgan fingerprint density at radius 2 is 1.91 bits per heavy atom. The first kappa shape index (κ1) is 21.3. The van der Waals surface area contributed by atoms with Crippen molar-refractivity contribution in [2.24, 2.45) is 0 Å². The summed E-state index contributed by atoms with van der Waals surface area (Å²) in [5, 5.41) is 6.88. The standard InChI is InChI=1S/C25H27N5O3S/c1-14-12-19(33-16-8-4-5-9-16)27-13-18(14)30-17-10-11-26-24-20(17)21(29-25(30)32)22(34-24)23(31)28-15-6-2-3-7-15/h10-13,15-16H,2-9H2,1H3,(H,28,31)(H,29,32). The van der Waals surface area contributed by atoms with Crippen LogP contribution in [-0.2, 0) is 0 Å². The fourth-order valence-electron chi connectivity index (χ4n) is 5.30. The Labute approximate surface area is 201 Å².